The van der Waals surface area contributed by atoms with E-state index in [9.17, 15) is 9.18 Å². The van der Waals surface area contributed by atoms with Crippen LogP contribution in [0.3, 0.4) is 0 Å². The minimum atomic E-state index is -1.29. The summed E-state index contributed by atoms with van der Waals surface area (Å²) in [6.45, 7) is 7.22. The van der Waals surface area contributed by atoms with Gasteiger partial charge < -0.3 is 19.7 Å². The Morgan fingerprint density at radius 3 is 2.56 bits per heavy atom. The van der Waals surface area contributed by atoms with Gasteiger partial charge >= 0.3 is 0 Å². The van der Waals surface area contributed by atoms with Crippen LogP contribution < -0.4 is 10.2 Å². The van der Waals surface area contributed by atoms with Crippen LogP contribution in [0, 0.1) is 0 Å². The molecule has 202 valence electrons. The first-order chi connectivity index (χ1) is 18.7. The molecule has 39 heavy (non-hydrogen) atoms. The molecule has 0 bridgehead atoms. The quantitative estimate of drug-likeness (QED) is 0.385. The SMILES string of the molecule is CC(C)c1nc(Nc2ccc(-c3cn[nH]c3)cc2)nc(N2CCc3cc(C(=O)N4CC(C)(F)C4)n(C)c3C2)n1. The smallest absolute Gasteiger partial charge is 0.270 e. The van der Waals surface area contributed by atoms with Gasteiger partial charge in [0.05, 0.1) is 25.8 Å². The molecule has 10 nitrogen and oxygen atoms in total. The molecule has 5 heterocycles. The molecule has 0 atom stereocenters. The Morgan fingerprint density at radius 1 is 1.13 bits per heavy atom. The van der Waals surface area contributed by atoms with Crippen LogP contribution in [-0.4, -0.2) is 65.8 Å². The van der Waals surface area contributed by atoms with Crippen molar-refractivity contribution in [1.29, 1.82) is 0 Å². The topological polar surface area (TPSA) is 108 Å². The largest absolute Gasteiger partial charge is 0.342 e. The molecule has 2 N–H and O–H groups in total. The third-order valence-corrected chi connectivity index (χ3v) is 7.40. The van der Waals surface area contributed by atoms with E-state index in [0.29, 0.717) is 30.0 Å². The van der Waals surface area contributed by atoms with Gasteiger partial charge in [-0.1, -0.05) is 26.0 Å². The van der Waals surface area contributed by atoms with Gasteiger partial charge in [0, 0.05) is 42.7 Å². The second-order valence-electron chi connectivity index (χ2n) is 11.0. The van der Waals surface area contributed by atoms with Crippen LogP contribution in [-0.2, 0) is 20.0 Å². The highest BCUT2D eigenvalue weighted by atomic mass is 19.1. The van der Waals surface area contributed by atoms with Gasteiger partial charge in [0.25, 0.3) is 5.91 Å². The summed E-state index contributed by atoms with van der Waals surface area (Å²) in [6, 6.07) is 9.97. The molecule has 3 aromatic heterocycles. The van der Waals surface area contributed by atoms with E-state index in [1.807, 2.05) is 48.1 Å². The monoisotopic (exact) mass is 529 g/mol. The van der Waals surface area contributed by atoms with Crippen molar-refractivity contribution in [3.8, 4) is 11.1 Å². The zero-order valence-electron chi connectivity index (χ0n) is 22.6. The number of hydrogen-bond acceptors (Lipinski definition) is 7. The number of nitrogens with one attached hydrogen (secondary N) is 2. The van der Waals surface area contributed by atoms with Crippen molar-refractivity contribution in [2.24, 2.45) is 7.05 Å². The number of benzene rings is 1. The first-order valence-electron chi connectivity index (χ1n) is 13.2. The molecule has 0 saturated carbocycles. The number of aromatic nitrogens is 6. The molecule has 2 aliphatic heterocycles. The summed E-state index contributed by atoms with van der Waals surface area (Å²) in [5.41, 5.74) is 4.43. The first-order valence-corrected chi connectivity index (χ1v) is 13.2. The van der Waals surface area contributed by atoms with Gasteiger partial charge in [0.1, 0.15) is 17.2 Å². The predicted molar refractivity (Wildman–Crippen MR) is 147 cm³/mol. The molecule has 2 aliphatic rings. The standard InChI is InChI=1S/C28H32FN9O/c1-17(2)24-33-26(32-21-7-5-18(6-8-21)20-12-30-31-13-20)35-27(34-24)37-10-9-19-11-22(36(4)23(19)14-37)25(39)38-15-28(3,29)16-38/h5-8,11-13,17H,9-10,14-16H2,1-4H3,(H,30,31)(H,32,33,34,35). The fourth-order valence-corrected chi connectivity index (χ4v) is 5.20. The molecular formula is C28H32FN9O. The lowest BCUT2D eigenvalue weighted by Gasteiger charge is -2.42. The van der Waals surface area contributed by atoms with E-state index < -0.39 is 5.67 Å². The number of hydrogen-bond donors (Lipinski definition) is 2. The number of halogens is 1. The third-order valence-electron chi connectivity index (χ3n) is 7.40. The minimum absolute atomic E-state index is 0.119. The third kappa shape index (κ3) is 4.84. The molecular weight excluding hydrogens is 497 g/mol. The molecule has 4 aromatic rings. The van der Waals surface area contributed by atoms with Crippen molar-refractivity contribution >= 4 is 23.5 Å². The second-order valence-corrected chi connectivity index (χ2v) is 11.0. The highest BCUT2D eigenvalue weighted by molar-refractivity contribution is 5.94. The van der Waals surface area contributed by atoms with Crippen molar-refractivity contribution in [2.75, 3.05) is 29.9 Å². The van der Waals surface area contributed by atoms with E-state index in [4.69, 9.17) is 9.97 Å². The lowest BCUT2D eigenvalue weighted by atomic mass is 9.98. The van der Waals surface area contributed by atoms with E-state index in [0.717, 1.165) is 41.0 Å². The Bertz CT molecular complexity index is 1500. The molecule has 0 radical (unpaired) electrons. The first kappa shape index (κ1) is 25.0. The highest BCUT2D eigenvalue weighted by Crippen LogP contribution is 2.30. The van der Waals surface area contributed by atoms with Gasteiger partial charge in [0.15, 0.2) is 0 Å². The molecule has 1 aromatic carbocycles. The summed E-state index contributed by atoms with van der Waals surface area (Å²) in [5.74, 6) is 1.79. The number of alkyl halides is 1. The molecule has 6 rings (SSSR count). The van der Waals surface area contributed by atoms with Crippen molar-refractivity contribution < 1.29 is 9.18 Å². The van der Waals surface area contributed by atoms with E-state index in [1.54, 1.807) is 11.1 Å². The summed E-state index contributed by atoms with van der Waals surface area (Å²) >= 11 is 0. The summed E-state index contributed by atoms with van der Waals surface area (Å²) in [5, 5.41) is 10.2. The lowest BCUT2D eigenvalue weighted by Crippen LogP contribution is -2.59. The van der Waals surface area contributed by atoms with Crippen LogP contribution in [0.25, 0.3) is 11.1 Å². The van der Waals surface area contributed by atoms with E-state index in [2.05, 4.69) is 39.2 Å². The van der Waals surface area contributed by atoms with Gasteiger partial charge in [-0.05, 0) is 42.7 Å². The second kappa shape index (κ2) is 9.48. The average molecular weight is 530 g/mol. The Balaban J connectivity index is 1.23. The maximum atomic E-state index is 14.0. The van der Waals surface area contributed by atoms with E-state index in [1.165, 1.54) is 6.92 Å². The zero-order valence-corrected chi connectivity index (χ0v) is 22.6. The number of fused-ring (bicyclic) bond motifs is 1. The Labute approximate surface area is 226 Å². The number of carbonyl (C=O) groups is 1. The fourth-order valence-electron chi connectivity index (χ4n) is 5.20. The molecule has 0 unspecified atom stereocenters. The Hall–Kier alpha value is -4.28. The molecule has 1 amide bonds. The van der Waals surface area contributed by atoms with Gasteiger partial charge in [-0.3, -0.25) is 9.89 Å². The number of rotatable bonds is 6. The lowest BCUT2D eigenvalue weighted by molar-refractivity contribution is -0.00847. The van der Waals surface area contributed by atoms with Crippen LogP contribution >= 0.6 is 0 Å². The predicted octanol–water partition coefficient (Wildman–Crippen LogP) is 4.21. The number of nitrogens with zero attached hydrogens (tertiary/aromatic N) is 7. The molecule has 0 aliphatic carbocycles. The number of amides is 1. The molecule has 1 fully saturated rings. The normalized spacial score (nSPS) is 16.3. The zero-order chi connectivity index (χ0) is 27.3. The van der Waals surface area contributed by atoms with E-state index >= 15 is 0 Å². The maximum Gasteiger partial charge on any atom is 0.270 e. The van der Waals surface area contributed by atoms with Gasteiger partial charge in [-0.25, -0.2) is 4.39 Å². The molecule has 0 spiro atoms. The van der Waals surface area contributed by atoms with E-state index in [-0.39, 0.29) is 24.9 Å². The number of anilines is 3. The fraction of sp³-hybridized carbons (Fsp3) is 0.393. The van der Waals surface area contributed by atoms with Crippen LogP contribution in [0.2, 0.25) is 0 Å². The van der Waals surface area contributed by atoms with Gasteiger partial charge in [0.2, 0.25) is 11.9 Å². The van der Waals surface area contributed by atoms with Crippen LogP contribution in [0.5, 0.6) is 0 Å². The minimum Gasteiger partial charge on any atom is -0.342 e. The number of carbonyl (C=O) groups excluding carboxylic acids is 1. The maximum absolute atomic E-state index is 14.0. The molecule has 11 heteroatoms. The number of H-pyrrole nitrogens is 1. The summed E-state index contributed by atoms with van der Waals surface area (Å²) in [6.07, 6.45) is 4.41. The van der Waals surface area contributed by atoms with Gasteiger partial charge in [-0.2, -0.15) is 20.1 Å². The van der Waals surface area contributed by atoms with Crippen molar-refractivity contribution in [1.82, 2.24) is 34.6 Å². The van der Waals surface area contributed by atoms with Crippen LogP contribution in [0.15, 0.2) is 42.7 Å². The Kier molecular flexibility index (Phi) is 6.08. The molecule has 1 saturated heterocycles. The van der Waals surface area contributed by atoms with Crippen molar-refractivity contribution in [3.05, 3.63) is 65.5 Å². The summed E-state index contributed by atoms with van der Waals surface area (Å²) in [7, 11) is 1.90. The number of aromatic amines is 1. The number of likely N-dealkylation sites (tertiary alicyclic amines) is 1. The van der Waals surface area contributed by atoms with Crippen molar-refractivity contribution in [2.45, 2.75) is 45.3 Å². The average Bonchev–Trinajstić information content (AvgIpc) is 3.55. The van der Waals surface area contributed by atoms with Crippen LogP contribution in [0.1, 0.15) is 54.3 Å². The van der Waals surface area contributed by atoms with Crippen LogP contribution in [0.4, 0.5) is 22.0 Å². The van der Waals surface area contributed by atoms with Gasteiger partial charge in [-0.15, -0.1) is 0 Å². The summed E-state index contributed by atoms with van der Waals surface area (Å²) < 4.78 is 15.9. The summed E-state index contributed by atoms with van der Waals surface area (Å²) in [4.78, 5) is 30.9. The van der Waals surface area contributed by atoms with Crippen molar-refractivity contribution in [3.63, 3.8) is 0 Å². The Morgan fingerprint density at radius 2 is 1.90 bits per heavy atom. The highest BCUT2D eigenvalue weighted by Gasteiger charge is 2.42.